The smallest absolute Gasteiger partial charge is 0.408 e. The summed E-state index contributed by atoms with van der Waals surface area (Å²) in [6.07, 6.45) is 0.952. The van der Waals surface area contributed by atoms with Gasteiger partial charge in [0.1, 0.15) is 5.60 Å². The molecule has 1 amide bonds. The molecule has 2 aromatic heterocycles. The van der Waals surface area contributed by atoms with E-state index in [-0.39, 0.29) is 6.04 Å². The second kappa shape index (κ2) is 7.03. The standard InChI is InChI=1S/C20H21FN2O2S/c1-12(23-19(24)25-20(2,3)4)16-11-22-17(21)10-15(16)14-7-5-6-13-8-9-26-18(13)14/h5-12H,1-4H3,(H,23,24)/t12-/m1/s1. The number of amides is 1. The van der Waals surface area contributed by atoms with Gasteiger partial charge in [-0.25, -0.2) is 9.78 Å². The highest BCUT2D eigenvalue weighted by Crippen LogP contribution is 2.36. The first-order valence-corrected chi connectivity index (χ1v) is 9.24. The van der Waals surface area contributed by atoms with E-state index in [1.807, 2.05) is 36.6 Å². The minimum atomic E-state index is -0.587. The number of nitrogens with one attached hydrogen (secondary N) is 1. The van der Waals surface area contributed by atoms with Gasteiger partial charge in [0.05, 0.1) is 6.04 Å². The van der Waals surface area contributed by atoms with Crippen LogP contribution in [0.2, 0.25) is 0 Å². The Bertz CT molecular complexity index is 946. The molecule has 0 fully saturated rings. The van der Waals surface area contributed by atoms with Crippen molar-refractivity contribution in [3.63, 3.8) is 0 Å². The summed E-state index contributed by atoms with van der Waals surface area (Å²) in [6.45, 7) is 7.25. The Kier molecular flexibility index (Phi) is 4.96. The molecule has 1 aromatic carbocycles. The fourth-order valence-corrected chi connectivity index (χ4v) is 3.71. The number of benzene rings is 1. The second-order valence-corrected chi connectivity index (χ2v) is 8.02. The number of fused-ring (bicyclic) bond motifs is 1. The molecule has 2 heterocycles. The quantitative estimate of drug-likeness (QED) is 0.601. The zero-order chi connectivity index (χ0) is 18.9. The number of rotatable bonds is 3. The van der Waals surface area contributed by atoms with E-state index in [1.54, 1.807) is 32.1 Å². The minimum Gasteiger partial charge on any atom is -0.444 e. The average molecular weight is 372 g/mol. The first-order chi connectivity index (χ1) is 12.2. The number of ether oxygens (including phenoxy) is 1. The summed E-state index contributed by atoms with van der Waals surface area (Å²) in [6, 6.07) is 8.98. The Labute approximate surface area is 156 Å². The Morgan fingerprint density at radius 3 is 2.77 bits per heavy atom. The van der Waals surface area contributed by atoms with E-state index in [2.05, 4.69) is 10.3 Å². The molecule has 0 aliphatic heterocycles. The lowest BCUT2D eigenvalue weighted by molar-refractivity contribution is 0.0508. The van der Waals surface area contributed by atoms with Crippen LogP contribution < -0.4 is 5.32 Å². The lowest BCUT2D eigenvalue weighted by Crippen LogP contribution is -2.34. The monoisotopic (exact) mass is 372 g/mol. The third-order valence-electron chi connectivity index (χ3n) is 3.87. The first kappa shape index (κ1) is 18.3. The summed E-state index contributed by atoms with van der Waals surface area (Å²) in [5, 5.41) is 5.91. The predicted molar refractivity (Wildman–Crippen MR) is 103 cm³/mol. The van der Waals surface area contributed by atoms with E-state index in [9.17, 15) is 9.18 Å². The molecule has 0 saturated carbocycles. The summed E-state index contributed by atoms with van der Waals surface area (Å²) >= 11 is 1.60. The largest absolute Gasteiger partial charge is 0.444 e. The Morgan fingerprint density at radius 2 is 2.04 bits per heavy atom. The van der Waals surface area contributed by atoms with Gasteiger partial charge in [0.2, 0.25) is 5.95 Å². The van der Waals surface area contributed by atoms with Crippen molar-refractivity contribution in [3.05, 3.63) is 53.4 Å². The number of nitrogens with zero attached hydrogens (tertiary/aromatic N) is 1. The van der Waals surface area contributed by atoms with Crippen molar-refractivity contribution in [2.75, 3.05) is 0 Å². The SMILES string of the molecule is C[C@@H](NC(=O)OC(C)(C)C)c1cnc(F)cc1-c1cccc2ccsc12. The number of thiophene rings is 1. The Morgan fingerprint density at radius 1 is 1.27 bits per heavy atom. The highest BCUT2D eigenvalue weighted by molar-refractivity contribution is 7.17. The van der Waals surface area contributed by atoms with Crippen LogP contribution in [0.3, 0.4) is 0 Å². The van der Waals surface area contributed by atoms with Crippen molar-refractivity contribution >= 4 is 27.5 Å². The number of hydrogen-bond donors (Lipinski definition) is 1. The number of carbonyl (C=O) groups excluding carboxylic acids is 1. The average Bonchev–Trinajstić information content (AvgIpc) is 3.01. The van der Waals surface area contributed by atoms with Gasteiger partial charge in [-0.15, -0.1) is 11.3 Å². The molecule has 0 unspecified atom stereocenters. The van der Waals surface area contributed by atoms with Crippen LogP contribution in [0.4, 0.5) is 9.18 Å². The van der Waals surface area contributed by atoms with Crippen LogP contribution in [0.1, 0.15) is 39.3 Å². The molecule has 1 atom stereocenters. The maximum absolute atomic E-state index is 13.9. The van der Waals surface area contributed by atoms with Crippen LogP contribution in [-0.4, -0.2) is 16.7 Å². The molecular formula is C20H21FN2O2S. The zero-order valence-electron chi connectivity index (χ0n) is 15.2. The van der Waals surface area contributed by atoms with E-state index < -0.39 is 17.6 Å². The van der Waals surface area contributed by atoms with Crippen LogP contribution in [0.5, 0.6) is 0 Å². The predicted octanol–water partition coefficient (Wildman–Crippen LogP) is 5.69. The molecule has 0 aliphatic rings. The molecule has 26 heavy (non-hydrogen) atoms. The first-order valence-electron chi connectivity index (χ1n) is 8.36. The highest BCUT2D eigenvalue weighted by atomic mass is 32.1. The van der Waals surface area contributed by atoms with Crippen molar-refractivity contribution in [1.29, 1.82) is 0 Å². The van der Waals surface area contributed by atoms with Crippen LogP contribution in [-0.2, 0) is 4.74 Å². The lowest BCUT2D eigenvalue weighted by Gasteiger charge is -2.23. The van der Waals surface area contributed by atoms with E-state index in [1.165, 1.54) is 12.3 Å². The second-order valence-electron chi connectivity index (χ2n) is 7.11. The van der Waals surface area contributed by atoms with Gasteiger partial charge >= 0.3 is 6.09 Å². The minimum absolute atomic E-state index is 0.386. The van der Waals surface area contributed by atoms with Gasteiger partial charge in [-0.05, 0) is 50.1 Å². The summed E-state index contributed by atoms with van der Waals surface area (Å²) in [4.78, 5) is 15.9. The van der Waals surface area contributed by atoms with Crippen LogP contribution in [0, 0.1) is 5.95 Å². The molecule has 0 spiro atoms. The number of hydrogen-bond acceptors (Lipinski definition) is 4. The van der Waals surface area contributed by atoms with Gasteiger partial charge < -0.3 is 10.1 Å². The number of pyridine rings is 1. The molecule has 0 saturated heterocycles. The van der Waals surface area contributed by atoms with Gasteiger partial charge in [0, 0.05) is 28.1 Å². The normalized spacial score (nSPS) is 12.8. The molecule has 0 bridgehead atoms. The van der Waals surface area contributed by atoms with Gasteiger partial charge in [-0.3, -0.25) is 0 Å². The highest BCUT2D eigenvalue weighted by Gasteiger charge is 2.21. The molecule has 0 radical (unpaired) electrons. The Balaban J connectivity index is 1.99. The van der Waals surface area contributed by atoms with E-state index in [4.69, 9.17) is 4.74 Å². The molecule has 3 rings (SSSR count). The van der Waals surface area contributed by atoms with Crippen molar-refractivity contribution in [3.8, 4) is 11.1 Å². The molecule has 1 N–H and O–H groups in total. The fraction of sp³-hybridized carbons (Fsp3) is 0.300. The number of aromatic nitrogens is 1. The van der Waals surface area contributed by atoms with Gasteiger partial charge in [0.15, 0.2) is 0 Å². The number of halogens is 1. The number of carbonyl (C=O) groups is 1. The van der Waals surface area contributed by atoms with Gasteiger partial charge in [-0.2, -0.15) is 4.39 Å². The van der Waals surface area contributed by atoms with E-state index in [0.717, 1.165) is 21.2 Å². The molecular weight excluding hydrogens is 351 g/mol. The Hall–Kier alpha value is -2.47. The van der Waals surface area contributed by atoms with Crippen molar-refractivity contribution < 1.29 is 13.9 Å². The summed E-state index contributed by atoms with van der Waals surface area (Å²) < 4.78 is 20.3. The summed E-state index contributed by atoms with van der Waals surface area (Å²) in [7, 11) is 0. The maximum Gasteiger partial charge on any atom is 0.408 e. The summed E-state index contributed by atoms with van der Waals surface area (Å²) in [5.74, 6) is -0.554. The van der Waals surface area contributed by atoms with Crippen molar-refractivity contribution in [1.82, 2.24) is 10.3 Å². The molecule has 4 nitrogen and oxygen atoms in total. The van der Waals surface area contributed by atoms with Crippen LogP contribution in [0.15, 0.2) is 41.9 Å². The molecule has 0 aliphatic carbocycles. The van der Waals surface area contributed by atoms with E-state index in [0.29, 0.717) is 5.56 Å². The van der Waals surface area contributed by atoms with Crippen LogP contribution >= 0.6 is 11.3 Å². The van der Waals surface area contributed by atoms with Gasteiger partial charge in [0.25, 0.3) is 0 Å². The van der Waals surface area contributed by atoms with E-state index >= 15 is 0 Å². The molecule has 136 valence electrons. The third kappa shape index (κ3) is 4.02. The van der Waals surface area contributed by atoms with Crippen molar-refractivity contribution in [2.45, 2.75) is 39.3 Å². The maximum atomic E-state index is 13.9. The molecule has 3 aromatic rings. The van der Waals surface area contributed by atoms with Crippen LogP contribution in [0.25, 0.3) is 21.2 Å². The van der Waals surface area contributed by atoms with Gasteiger partial charge in [-0.1, -0.05) is 18.2 Å². The zero-order valence-corrected chi connectivity index (χ0v) is 16.0. The molecule has 6 heteroatoms. The lowest BCUT2D eigenvalue weighted by atomic mass is 9.97. The number of alkyl carbamates (subject to hydrolysis) is 1. The fourth-order valence-electron chi connectivity index (χ4n) is 2.79. The third-order valence-corrected chi connectivity index (χ3v) is 4.83. The summed E-state index contributed by atoms with van der Waals surface area (Å²) in [5.41, 5.74) is 1.79. The van der Waals surface area contributed by atoms with Crippen molar-refractivity contribution in [2.24, 2.45) is 0 Å². The topological polar surface area (TPSA) is 51.2 Å².